The van der Waals surface area contributed by atoms with Crippen LogP contribution in [0.5, 0.6) is 0 Å². The van der Waals surface area contributed by atoms with Crippen molar-refractivity contribution >= 4 is 0 Å². The van der Waals surface area contributed by atoms with Gasteiger partial charge in [-0.3, -0.25) is 0 Å². The molecular weight excluding hydrogens is 212 g/mol. The molecule has 2 fully saturated rings. The van der Waals surface area contributed by atoms with Crippen molar-refractivity contribution in [3.63, 3.8) is 0 Å². The first-order valence-electron chi connectivity index (χ1n) is 6.86. The molecule has 17 heavy (non-hydrogen) atoms. The van der Waals surface area contributed by atoms with Gasteiger partial charge < -0.3 is 14.8 Å². The Hall–Kier alpha value is -0.870. The van der Waals surface area contributed by atoms with Crippen LogP contribution in [-0.4, -0.2) is 47.2 Å². The van der Waals surface area contributed by atoms with Gasteiger partial charge in [-0.25, -0.2) is 4.98 Å². The largest absolute Gasteiger partial charge is 0.333 e. The molecule has 0 saturated carbocycles. The molecule has 0 bridgehead atoms. The molecule has 4 nitrogen and oxygen atoms in total. The summed E-state index contributed by atoms with van der Waals surface area (Å²) in [5, 5.41) is 3.33. The van der Waals surface area contributed by atoms with Crippen molar-refractivity contribution < 1.29 is 0 Å². The third kappa shape index (κ3) is 2.53. The van der Waals surface area contributed by atoms with E-state index in [4.69, 9.17) is 0 Å². The minimum absolute atomic E-state index is 0.693. The number of piperidine rings is 1. The smallest absolute Gasteiger partial charge is 0.0948 e. The van der Waals surface area contributed by atoms with Gasteiger partial charge in [0, 0.05) is 44.0 Å². The van der Waals surface area contributed by atoms with Crippen LogP contribution in [-0.2, 0) is 6.54 Å². The molecular formula is C13H22N4. The Morgan fingerprint density at radius 1 is 1.18 bits per heavy atom. The first-order chi connectivity index (χ1) is 8.43. The van der Waals surface area contributed by atoms with E-state index in [0.29, 0.717) is 5.92 Å². The zero-order valence-corrected chi connectivity index (χ0v) is 10.4. The zero-order chi connectivity index (χ0) is 11.5. The van der Waals surface area contributed by atoms with Gasteiger partial charge in [-0.2, -0.15) is 0 Å². The third-order valence-electron chi connectivity index (χ3n) is 4.05. The first kappa shape index (κ1) is 11.2. The van der Waals surface area contributed by atoms with Crippen LogP contribution in [0.1, 0.15) is 30.9 Å². The highest BCUT2D eigenvalue weighted by molar-refractivity contribution is 5.11. The second-order valence-electron chi connectivity index (χ2n) is 5.27. The molecule has 2 saturated heterocycles. The molecule has 1 aromatic heterocycles. The number of hydrogen-bond acceptors (Lipinski definition) is 3. The second kappa shape index (κ2) is 5.19. The Bertz CT molecular complexity index is 350. The predicted molar refractivity (Wildman–Crippen MR) is 68.1 cm³/mol. The van der Waals surface area contributed by atoms with Gasteiger partial charge in [-0.05, 0) is 25.9 Å². The van der Waals surface area contributed by atoms with Crippen molar-refractivity contribution in [2.75, 3.05) is 32.7 Å². The van der Waals surface area contributed by atoms with E-state index < -0.39 is 0 Å². The van der Waals surface area contributed by atoms with Gasteiger partial charge in [-0.1, -0.05) is 6.42 Å². The number of rotatable bonds is 4. The van der Waals surface area contributed by atoms with Gasteiger partial charge in [0.25, 0.3) is 0 Å². The maximum Gasteiger partial charge on any atom is 0.0948 e. The monoisotopic (exact) mass is 234 g/mol. The Labute approximate surface area is 103 Å². The minimum Gasteiger partial charge on any atom is -0.333 e. The van der Waals surface area contributed by atoms with Crippen molar-refractivity contribution in [2.45, 2.75) is 31.7 Å². The highest BCUT2D eigenvalue weighted by Gasteiger charge is 2.22. The van der Waals surface area contributed by atoms with Crippen LogP contribution >= 0.6 is 0 Å². The maximum absolute atomic E-state index is 4.31. The van der Waals surface area contributed by atoms with E-state index in [9.17, 15) is 0 Å². The van der Waals surface area contributed by atoms with Crippen LogP contribution in [0.25, 0.3) is 0 Å². The van der Waals surface area contributed by atoms with Crippen LogP contribution in [0.15, 0.2) is 12.5 Å². The lowest BCUT2D eigenvalue weighted by atomic mass is 10.00. The molecule has 0 radical (unpaired) electrons. The highest BCUT2D eigenvalue weighted by atomic mass is 15.2. The summed E-state index contributed by atoms with van der Waals surface area (Å²) in [5.74, 6) is 0.693. The molecule has 1 aromatic rings. The molecule has 2 aliphatic heterocycles. The molecule has 1 N–H and O–H groups in total. The number of nitrogens with one attached hydrogen (secondary N) is 1. The molecule has 0 amide bonds. The molecule has 3 rings (SSSR count). The fraction of sp³-hybridized carbons (Fsp3) is 0.769. The van der Waals surface area contributed by atoms with E-state index in [2.05, 4.69) is 19.8 Å². The Kier molecular flexibility index (Phi) is 3.43. The van der Waals surface area contributed by atoms with Gasteiger partial charge in [0.2, 0.25) is 0 Å². The number of nitrogens with zero attached hydrogens (tertiary/aromatic N) is 3. The second-order valence-corrected chi connectivity index (χ2v) is 5.27. The van der Waals surface area contributed by atoms with E-state index in [-0.39, 0.29) is 0 Å². The highest BCUT2D eigenvalue weighted by Crippen LogP contribution is 2.19. The van der Waals surface area contributed by atoms with Gasteiger partial charge in [0.15, 0.2) is 0 Å². The number of hydrogen-bond donors (Lipinski definition) is 1. The summed E-state index contributed by atoms with van der Waals surface area (Å²) in [6.45, 7) is 7.10. The van der Waals surface area contributed by atoms with Gasteiger partial charge in [0.1, 0.15) is 0 Å². The molecule has 3 heterocycles. The van der Waals surface area contributed by atoms with Crippen molar-refractivity contribution in [3.05, 3.63) is 18.2 Å². The lowest BCUT2D eigenvalue weighted by Crippen LogP contribution is -2.41. The summed E-state index contributed by atoms with van der Waals surface area (Å²) >= 11 is 0. The average molecular weight is 234 g/mol. The summed E-state index contributed by atoms with van der Waals surface area (Å²) in [6, 6.07) is 0. The third-order valence-corrected chi connectivity index (χ3v) is 4.05. The summed E-state index contributed by atoms with van der Waals surface area (Å²) in [6.07, 6.45) is 8.21. The Morgan fingerprint density at radius 3 is 2.71 bits per heavy atom. The molecule has 0 atom stereocenters. The Morgan fingerprint density at radius 2 is 2.00 bits per heavy atom. The molecule has 0 unspecified atom stereocenters. The van der Waals surface area contributed by atoms with E-state index in [1.807, 2.05) is 12.5 Å². The van der Waals surface area contributed by atoms with Gasteiger partial charge >= 0.3 is 0 Å². The fourth-order valence-electron chi connectivity index (χ4n) is 2.79. The van der Waals surface area contributed by atoms with Crippen molar-refractivity contribution in [2.24, 2.45) is 0 Å². The quantitative estimate of drug-likeness (QED) is 0.845. The summed E-state index contributed by atoms with van der Waals surface area (Å²) in [4.78, 5) is 6.90. The van der Waals surface area contributed by atoms with Crippen LogP contribution < -0.4 is 5.32 Å². The van der Waals surface area contributed by atoms with Crippen molar-refractivity contribution in [3.8, 4) is 0 Å². The predicted octanol–water partition coefficient (Wildman–Crippen LogP) is 1.06. The van der Waals surface area contributed by atoms with Crippen LogP contribution in [0, 0.1) is 0 Å². The SMILES string of the molecule is c1ncn(CCN2CCCCC2)c1C1CNC1. The molecule has 2 aliphatic rings. The summed E-state index contributed by atoms with van der Waals surface area (Å²) in [7, 11) is 0. The number of imidazole rings is 1. The van der Waals surface area contributed by atoms with Crippen molar-refractivity contribution in [1.29, 1.82) is 0 Å². The topological polar surface area (TPSA) is 33.1 Å². The molecule has 0 spiro atoms. The van der Waals surface area contributed by atoms with Crippen LogP contribution in [0.4, 0.5) is 0 Å². The van der Waals surface area contributed by atoms with E-state index in [1.165, 1.54) is 44.6 Å². The zero-order valence-electron chi connectivity index (χ0n) is 10.4. The number of aromatic nitrogens is 2. The lowest BCUT2D eigenvalue weighted by molar-refractivity contribution is 0.219. The maximum atomic E-state index is 4.31. The summed E-state index contributed by atoms with van der Waals surface area (Å²) < 4.78 is 2.35. The lowest BCUT2D eigenvalue weighted by Gasteiger charge is -2.29. The average Bonchev–Trinajstić information content (AvgIpc) is 2.74. The first-order valence-corrected chi connectivity index (χ1v) is 6.86. The van der Waals surface area contributed by atoms with Crippen LogP contribution in [0.3, 0.4) is 0 Å². The summed E-state index contributed by atoms with van der Waals surface area (Å²) in [5.41, 5.74) is 1.42. The fourth-order valence-corrected chi connectivity index (χ4v) is 2.79. The minimum atomic E-state index is 0.693. The van der Waals surface area contributed by atoms with Crippen LogP contribution in [0.2, 0.25) is 0 Å². The molecule has 0 aromatic carbocycles. The number of likely N-dealkylation sites (tertiary alicyclic amines) is 1. The van der Waals surface area contributed by atoms with Crippen molar-refractivity contribution in [1.82, 2.24) is 19.8 Å². The van der Waals surface area contributed by atoms with E-state index >= 15 is 0 Å². The van der Waals surface area contributed by atoms with Gasteiger partial charge in [-0.15, -0.1) is 0 Å². The molecule has 4 heteroatoms. The molecule has 94 valence electrons. The molecule has 0 aliphatic carbocycles. The standard InChI is InChI=1S/C13H22N4/c1-2-4-16(5-3-1)6-7-17-11-15-10-13(17)12-8-14-9-12/h10-12,14H,1-9H2. The normalized spacial score (nSPS) is 22.6. The van der Waals surface area contributed by atoms with E-state index in [0.717, 1.165) is 19.6 Å². The van der Waals surface area contributed by atoms with E-state index in [1.54, 1.807) is 0 Å². The Balaban J connectivity index is 1.55. The van der Waals surface area contributed by atoms with Gasteiger partial charge in [0.05, 0.1) is 6.33 Å².